The van der Waals surface area contributed by atoms with Crippen LogP contribution in [0.1, 0.15) is 0 Å². The zero-order chi connectivity index (χ0) is 15.9. The van der Waals surface area contributed by atoms with Gasteiger partial charge in [-0.25, -0.2) is 4.79 Å². The highest BCUT2D eigenvalue weighted by atomic mass is 16.5. The molecule has 0 unspecified atom stereocenters. The van der Waals surface area contributed by atoms with E-state index in [2.05, 4.69) is 10.6 Å². The molecule has 0 aliphatic carbocycles. The van der Waals surface area contributed by atoms with E-state index < -0.39 is 6.03 Å². The number of para-hydroxylation sites is 1. The first-order valence-electron chi connectivity index (χ1n) is 6.61. The first-order valence-corrected chi connectivity index (χ1v) is 6.61. The number of amides is 2. The van der Waals surface area contributed by atoms with Gasteiger partial charge in [-0.15, -0.1) is 0 Å². The Morgan fingerprint density at radius 3 is 2.09 bits per heavy atom. The van der Waals surface area contributed by atoms with Crippen LogP contribution in [0.25, 0.3) is 0 Å². The Hall–Kier alpha value is -2.89. The molecule has 0 saturated carbocycles. The van der Waals surface area contributed by atoms with Gasteiger partial charge in [0.25, 0.3) is 0 Å². The van der Waals surface area contributed by atoms with Crippen LogP contribution < -0.4 is 24.8 Å². The number of nitrogens with one attached hydrogen (secondary N) is 2. The van der Waals surface area contributed by atoms with Gasteiger partial charge < -0.3 is 24.8 Å². The number of carbonyl (C=O) groups excluding carboxylic acids is 1. The number of urea groups is 1. The zero-order valence-corrected chi connectivity index (χ0v) is 12.7. The molecule has 0 aliphatic heterocycles. The van der Waals surface area contributed by atoms with Gasteiger partial charge in [0, 0.05) is 11.8 Å². The number of carbonyl (C=O) groups is 1. The summed E-state index contributed by atoms with van der Waals surface area (Å²) in [7, 11) is 4.62. The molecule has 0 fully saturated rings. The van der Waals surface area contributed by atoms with E-state index in [1.165, 1.54) is 14.2 Å². The highest BCUT2D eigenvalue weighted by molar-refractivity contribution is 6.01. The van der Waals surface area contributed by atoms with Crippen molar-refractivity contribution in [2.24, 2.45) is 0 Å². The van der Waals surface area contributed by atoms with E-state index in [0.717, 1.165) is 0 Å². The predicted molar refractivity (Wildman–Crippen MR) is 85.2 cm³/mol. The Labute approximate surface area is 129 Å². The van der Waals surface area contributed by atoms with Crippen molar-refractivity contribution >= 4 is 17.4 Å². The van der Waals surface area contributed by atoms with Gasteiger partial charge in [-0.1, -0.05) is 12.1 Å². The van der Waals surface area contributed by atoms with Gasteiger partial charge >= 0.3 is 6.03 Å². The van der Waals surface area contributed by atoms with Crippen LogP contribution in [0.3, 0.4) is 0 Å². The smallest absolute Gasteiger partial charge is 0.323 e. The number of rotatable bonds is 5. The summed E-state index contributed by atoms with van der Waals surface area (Å²) in [4.78, 5) is 12.1. The summed E-state index contributed by atoms with van der Waals surface area (Å²) in [6.45, 7) is 0. The van der Waals surface area contributed by atoms with E-state index >= 15 is 0 Å². The Kier molecular flexibility index (Phi) is 5.08. The third kappa shape index (κ3) is 3.60. The average molecular weight is 302 g/mol. The van der Waals surface area contributed by atoms with Crippen molar-refractivity contribution < 1.29 is 19.0 Å². The second-order valence-corrected chi connectivity index (χ2v) is 4.35. The molecule has 0 radical (unpaired) electrons. The molecule has 0 atom stereocenters. The number of ether oxygens (including phenoxy) is 3. The standard InChI is InChI=1S/C16H18N2O4/c1-20-12-7-4-6-11(10-12)17-16(19)18-15-13(21-2)8-5-9-14(15)22-3/h4-10H,1-3H3,(H2,17,18,19). The normalized spacial score (nSPS) is 9.77. The molecular formula is C16H18N2O4. The van der Waals surface area contributed by atoms with Crippen molar-refractivity contribution in [3.8, 4) is 17.2 Å². The molecule has 22 heavy (non-hydrogen) atoms. The molecule has 0 aromatic heterocycles. The summed E-state index contributed by atoms with van der Waals surface area (Å²) in [6, 6.07) is 11.9. The van der Waals surface area contributed by atoms with E-state index in [1.54, 1.807) is 49.6 Å². The number of hydrogen-bond acceptors (Lipinski definition) is 4. The maximum absolute atomic E-state index is 12.1. The predicted octanol–water partition coefficient (Wildman–Crippen LogP) is 3.36. The highest BCUT2D eigenvalue weighted by Gasteiger charge is 2.13. The third-order valence-electron chi connectivity index (χ3n) is 2.99. The average Bonchev–Trinajstić information content (AvgIpc) is 2.55. The minimum absolute atomic E-state index is 0.406. The SMILES string of the molecule is COc1cccc(NC(=O)Nc2c(OC)cccc2OC)c1. The molecule has 0 heterocycles. The Morgan fingerprint density at radius 1 is 0.864 bits per heavy atom. The van der Waals surface area contributed by atoms with Crippen molar-refractivity contribution in [2.75, 3.05) is 32.0 Å². The molecule has 0 bridgehead atoms. The fourth-order valence-electron chi connectivity index (χ4n) is 1.95. The molecule has 2 N–H and O–H groups in total. The van der Waals surface area contributed by atoms with Gasteiger partial charge in [0.05, 0.1) is 21.3 Å². The van der Waals surface area contributed by atoms with Crippen molar-refractivity contribution in [3.05, 3.63) is 42.5 Å². The molecule has 0 spiro atoms. The summed E-state index contributed by atoms with van der Waals surface area (Å²) in [5, 5.41) is 5.45. The van der Waals surface area contributed by atoms with Crippen LogP contribution in [-0.2, 0) is 0 Å². The first kappa shape index (κ1) is 15.5. The van der Waals surface area contributed by atoms with Crippen LogP contribution >= 0.6 is 0 Å². The van der Waals surface area contributed by atoms with Crippen molar-refractivity contribution in [2.45, 2.75) is 0 Å². The van der Waals surface area contributed by atoms with Crippen molar-refractivity contribution in [3.63, 3.8) is 0 Å². The largest absolute Gasteiger partial charge is 0.497 e. The van der Waals surface area contributed by atoms with Crippen LogP contribution in [0.4, 0.5) is 16.2 Å². The molecule has 6 heteroatoms. The summed E-state index contributed by atoms with van der Waals surface area (Å²) in [5.74, 6) is 1.69. The van der Waals surface area contributed by atoms with E-state index in [0.29, 0.717) is 28.6 Å². The van der Waals surface area contributed by atoms with E-state index in [1.807, 2.05) is 0 Å². The topological polar surface area (TPSA) is 68.8 Å². The fraction of sp³-hybridized carbons (Fsp3) is 0.188. The molecular weight excluding hydrogens is 284 g/mol. The lowest BCUT2D eigenvalue weighted by molar-refractivity contribution is 0.262. The summed E-state index contributed by atoms with van der Waals surface area (Å²) < 4.78 is 15.6. The number of methoxy groups -OCH3 is 3. The Morgan fingerprint density at radius 2 is 1.50 bits per heavy atom. The molecule has 0 saturated heterocycles. The molecule has 2 aromatic rings. The summed E-state index contributed by atoms with van der Waals surface area (Å²) >= 11 is 0. The summed E-state index contributed by atoms with van der Waals surface area (Å²) in [5.41, 5.74) is 1.08. The lowest BCUT2D eigenvalue weighted by Gasteiger charge is -2.14. The maximum atomic E-state index is 12.1. The second-order valence-electron chi connectivity index (χ2n) is 4.35. The third-order valence-corrected chi connectivity index (χ3v) is 2.99. The molecule has 0 aliphatic rings. The number of anilines is 2. The zero-order valence-electron chi connectivity index (χ0n) is 12.7. The molecule has 2 rings (SSSR count). The minimum atomic E-state index is -0.406. The van der Waals surface area contributed by atoms with Crippen LogP contribution in [0.2, 0.25) is 0 Å². The Balaban J connectivity index is 2.15. The molecule has 6 nitrogen and oxygen atoms in total. The molecule has 2 aromatic carbocycles. The van der Waals surface area contributed by atoms with E-state index in [4.69, 9.17) is 14.2 Å². The lowest BCUT2D eigenvalue weighted by atomic mass is 10.2. The van der Waals surface area contributed by atoms with Gasteiger partial charge in [-0.3, -0.25) is 0 Å². The first-order chi connectivity index (χ1) is 10.7. The second kappa shape index (κ2) is 7.21. The highest BCUT2D eigenvalue weighted by Crippen LogP contribution is 2.34. The van der Waals surface area contributed by atoms with E-state index in [9.17, 15) is 4.79 Å². The van der Waals surface area contributed by atoms with Crippen molar-refractivity contribution in [1.82, 2.24) is 0 Å². The lowest BCUT2D eigenvalue weighted by Crippen LogP contribution is -2.20. The van der Waals surface area contributed by atoms with Crippen LogP contribution in [0.15, 0.2) is 42.5 Å². The monoisotopic (exact) mass is 302 g/mol. The number of hydrogen-bond donors (Lipinski definition) is 2. The summed E-state index contributed by atoms with van der Waals surface area (Å²) in [6.07, 6.45) is 0. The molecule has 2 amide bonds. The molecule has 116 valence electrons. The van der Waals surface area contributed by atoms with E-state index in [-0.39, 0.29) is 0 Å². The maximum Gasteiger partial charge on any atom is 0.323 e. The van der Waals surface area contributed by atoms with Gasteiger partial charge in [0.2, 0.25) is 0 Å². The fourth-order valence-corrected chi connectivity index (χ4v) is 1.95. The van der Waals surface area contributed by atoms with Gasteiger partial charge in [0.15, 0.2) is 0 Å². The van der Waals surface area contributed by atoms with Gasteiger partial charge in [-0.2, -0.15) is 0 Å². The Bertz CT molecular complexity index is 636. The van der Waals surface area contributed by atoms with Gasteiger partial charge in [0.1, 0.15) is 22.9 Å². The minimum Gasteiger partial charge on any atom is -0.497 e. The van der Waals surface area contributed by atoms with Crippen molar-refractivity contribution in [1.29, 1.82) is 0 Å². The van der Waals surface area contributed by atoms with Gasteiger partial charge in [-0.05, 0) is 24.3 Å². The van der Waals surface area contributed by atoms with Crippen LogP contribution in [0.5, 0.6) is 17.2 Å². The number of benzene rings is 2. The van der Waals surface area contributed by atoms with Crippen LogP contribution in [-0.4, -0.2) is 27.4 Å². The quantitative estimate of drug-likeness (QED) is 0.888. The van der Waals surface area contributed by atoms with Crippen LogP contribution in [0, 0.1) is 0 Å².